The second-order valence-corrected chi connectivity index (χ2v) is 5.70. The number of nitrogens with zero attached hydrogens (tertiary/aromatic N) is 1. The molecule has 104 valence electrons. The van der Waals surface area contributed by atoms with E-state index in [1.807, 2.05) is 0 Å². The summed E-state index contributed by atoms with van der Waals surface area (Å²) in [5, 5.41) is 18.4. The predicted octanol–water partition coefficient (Wildman–Crippen LogP) is 2.49. The number of carboxylic acids is 1. The molecule has 1 aromatic carbocycles. The van der Waals surface area contributed by atoms with Gasteiger partial charge in [0.15, 0.2) is 3.95 Å². The van der Waals surface area contributed by atoms with Crippen molar-refractivity contribution >= 4 is 29.5 Å². The molecule has 0 aliphatic heterocycles. The summed E-state index contributed by atoms with van der Waals surface area (Å²) in [7, 11) is 0. The topological polar surface area (TPSA) is 79.5 Å². The number of phenols is 1. The van der Waals surface area contributed by atoms with Crippen molar-refractivity contribution in [3.8, 4) is 16.2 Å². The molecule has 0 saturated carbocycles. The molecule has 1 heterocycles. The summed E-state index contributed by atoms with van der Waals surface area (Å²) < 4.78 is 1.54. The molecule has 0 radical (unpaired) electrons. The fraction of sp³-hybridized carbons (Fsp3) is 0.154. The van der Waals surface area contributed by atoms with Crippen LogP contribution in [0.1, 0.15) is 6.42 Å². The molecule has 1 aromatic heterocycles. The van der Waals surface area contributed by atoms with Crippen molar-refractivity contribution in [2.45, 2.75) is 13.0 Å². The Balaban J connectivity index is 2.46. The van der Waals surface area contributed by atoms with E-state index >= 15 is 0 Å². The number of aromatic hydroxyl groups is 1. The first-order valence-corrected chi connectivity index (χ1v) is 6.96. The summed E-state index contributed by atoms with van der Waals surface area (Å²) in [5.74, 6) is -0.915. The Bertz CT molecular complexity index is 732. The highest BCUT2D eigenvalue weighted by Crippen LogP contribution is 2.30. The number of aromatic nitrogens is 1. The molecule has 0 aliphatic carbocycles. The molecule has 0 atom stereocenters. The molecule has 2 aromatic rings. The Morgan fingerprint density at radius 3 is 2.65 bits per heavy atom. The highest BCUT2D eigenvalue weighted by Gasteiger charge is 2.09. The normalized spacial score (nSPS) is 10.4. The number of carbonyl (C=O) groups is 1. The van der Waals surface area contributed by atoms with E-state index < -0.39 is 5.97 Å². The number of benzene rings is 1. The number of carboxylic acid groups (broad SMARTS) is 1. The van der Waals surface area contributed by atoms with Gasteiger partial charge in [-0.05, 0) is 24.4 Å². The van der Waals surface area contributed by atoms with Gasteiger partial charge in [0.2, 0.25) is 0 Å². The zero-order chi connectivity index (χ0) is 14.7. The zero-order valence-corrected chi connectivity index (χ0v) is 11.9. The third-order valence-corrected chi connectivity index (χ3v) is 4.08. The SMILES string of the molecule is O=C(O)CCn1c(=O)cc(-c2ccccc2O)sc1=S. The molecular weight excluding hydrogens is 298 g/mol. The van der Waals surface area contributed by atoms with E-state index in [9.17, 15) is 14.7 Å². The molecular formula is C13H11NO4S2. The molecule has 5 nitrogen and oxygen atoms in total. The maximum Gasteiger partial charge on any atom is 0.305 e. The largest absolute Gasteiger partial charge is 0.507 e. The van der Waals surface area contributed by atoms with Crippen LogP contribution in [0.2, 0.25) is 0 Å². The lowest BCUT2D eigenvalue weighted by Gasteiger charge is -2.07. The maximum absolute atomic E-state index is 12.0. The van der Waals surface area contributed by atoms with Crippen LogP contribution < -0.4 is 5.56 Å². The Morgan fingerprint density at radius 1 is 1.35 bits per heavy atom. The average Bonchev–Trinajstić information content (AvgIpc) is 2.37. The highest BCUT2D eigenvalue weighted by atomic mass is 32.1. The van der Waals surface area contributed by atoms with Gasteiger partial charge in [-0.25, -0.2) is 0 Å². The zero-order valence-electron chi connectivity index (χ0n) is 10.3. The lowest BCUT2D eigenvalue weighted by molar-refractivity contribution is -0.137. The van der Waals surface area contributed by atoms with E-state index in [2.05, 4.69) is 0 Å². The molecule has 0 amide bonds. The predicted molar refractivity (Wildman–Crippen MR) is 78.8 cm³/mol. The minimum atomic E-state index is -0.985. The van der Waals surface area contributed by atoms with Crippen LogP contribution in [0.15, 0.2) is 35.1 Å². The average molecular weight is 309 g/mol. The van der Waals surface area contributed by atoms with E-state index in [4.69, 9.17) is 17.3 Å². The molecule has 0 bridgehead atoms. The van der Waals surface area contributed by atoms with E-state index in [1.165, 1.54) is 16.7 Å². The standard InChI is InChI=1S/C13H11NO4S2/c15-9-4-2-1-3-8(9)10-7-11(16)14(13(19)20-10)6-5-12(17)18/h1-4,7,15H,5-6H2,(H,17,18). The molecule has 0 unspecified atom stereocenters. The minimum Gasteiger partial charge on any atom is -0.507 e. The Kier molecular flexibility index (Phi) is 4.31. The Labute approximate surface area is 123 Å². The molecule has 0 saturated heterocycles. The van der Waals surface area contributed by atoms with E-state index in [1.54, 1.807) is 18.2 Å². The van der Waals surface area contributed by atoms with Gasteiger partial charge in [0.25, 0.3) is 5.56 Å². The second kappa shape index (κ2) is 5.98. The number of phenolic OH excluding ortho intramolecular Hbond substituents is 1. The summed E-state index contributed by atoms with van der Waals surface area (Å²) in [6.07, 6.45) is -0.161. The summed E-state index contributed by atoms with van der Waals surface area (Å²) >= 11 is 6.29. The van der Waals surface area contributed by atoms with Gasteiger partial charge in [0.1, 0.15) is 5.75 Å². The molecule has 0 fully saturated rings. The van der Waals surface area contributed by atoms with Gasteiger partial charge in [-0.1, -0.05) is 12.1 Å². The van der Waals surface area contributed by atoms with Crippen molar-refractivity contribution in [2.75, 3.05) is 0 Å². The monoisotopic (exact) mass is 309 g/mol. The van der Waals surface area contributed by atoms with Crippen molar-refractivity contribution in [1.29, 1.82) is 0 Å². The first-order chi connectivity index (χ1) is 9.49. The van der Waals surface area contributed by atoms with Crippen LogP contribution in [0.25, 0.3) is 10.4 Å². The lowest BCUT2D eigenvalue weighted by atomic mass is 10.2. The highest BCUT2D eigenvalue weighted by molar-refractivity contribution is 7.73. The summed E-state index contributed by atoms with van der Waals surface area (Å²) in [6.45, 7) is 0.0462. The van der Waals surface area contributed by atoms with E-state index in [-0.39, 0.29) is 28.2 Å². The van der Waals surface area contributed by atoms with Crippen molar-refractivity contribution in [1.82, 2.24) is 4.57 Å². The molecule has 2 rings (SSSR count). The third kappa shape index (κ3) is 3.12. The van der Waals surface area contributed by atoms with Crippen LogP contribution in [-0.4, -0.2) is 20.7 Å². The number of aliphatic carboxylic acids is 1. The van der Waals surface area contributed by atoms with Gasteiger partial charge >= 0.3 is 5.97 Å². The molecule has 0 aliphatic rings. The molecule has 20 heavy (non-hydrogen) atoms. The quantitative estimate of drug-likeness (QED) is 0.848. The second-order valence-electron chi connectivity index (χ2n) is 4.03. The summed E-state index contributed by atoms with van der Waals surface area (Å²) in [4.78, 5) is 23.1. The van der Waals surface area contributed by atoms with Crippen molar-refractivity contribution in [2.24, 2.45) is 0 Å². The lowest BCUT2D eigenvalue weighted by Crippen LogP contribution is -2.20. The Hall–Kier alpha value is -1.99. The van der Waals surface area contributed by atoms with E-state index in [0.29, 0.717) is 10.4 Å². The number of hydrogen-bond acceptors (Lipinski definition) is 5. The fourth-order valence-corrected chi connectivity index (χ4v) is 3.05. The van der Waals surface area contributed by atoms with Crippen LogP contribution in [0.3, 0.4) is 0 Å². The van der Waals surface area contributed by atoms with Gasteiger partial charge in [-0.2, -0.15) is 0 Å². The summed E-state index contributed by atoms with van der Waals surface area (Å²) in [6, 6.07) is 8.02. The first kappa shape index (κ1) is 14.4. The molecule has 0 spiro atoms. The van der Waals surface area contributed by atoms with E-state index in [0.717, 1.165) is 11.3 Å². The Morgan fingerprint density at radius 2 is 2.05 bits per heavy atom. The van der Waals surface area contributed by atoms with Crippen LogP contribution >= 0.6 is 23.6 Å². The van der Waals surface area contributed by atoms with Crippen LogP contribution in [-0.2, 0) is 11.3 Å². The molecule has 7 heteroatoms. The maximum atomic E-state index is 12.0. The van der Waals surface area contributed by atoms with Gasteiger partial charge in [-0.15, -0.1) is 11.3 Å². The minimum absolute atomic E-state index is 0.0462. The number of para-hydroxylation sites is 1. The first-order valence-electron chi connectivity index (χ1n) is 5.74. The van der Waals surface area contributed by atoms with Crippen LogP contribution in [0.4, 0.5) is 0 Å². The number of rotatable bonds is 4. The van der Waals surface area contributed by atoms with Gasteiger partial charge in [-0.3, -0.25) is 14.2 Å². The van der Waals surface area contributed by atoms with Gasteiger partial charge in [0, 0.05) is 23.1 Å². The smallest absolute Gasteiger partial charge is 0.305 e. The van der Waals surface area contributed by atoms with Crippen molar-refractivity contribution in [3.05, 3.63) is 44.6 Å². The number of hydrogen-bond donors (Lipinski definition) is 2. The fourth-order valence-electron chi connectivity index (χ4n) is 1.68. The third-order valence-electron chi connectivity index (χ3n) is 2.66. The summed E-state index contributed by atoms with van der Waals surface area (Å²) in [5.41, 5.74) is 0.166. The van der Waals surface area contributed by atoms with Crippen molar-refractivity contribution in [3.63, 3.8) is 0 Å². The van der Waals surface area contributed by atoms with Crippen LogP contribution in [0, 0.1) is 3.95 Å². The van der Waals surface area contributed by atoms with Gasteiger partial charge < -0.3 is 10.2 Å². The van der Waals surface area contributed by atoms with Crippen LogP contribution in [0.5, 0.6) is 5.75 Å². The van der Waals surface area contributed by atoms with Gasteiger partial charge in [0.05, 0.1) is 6.42 Å². The van der Waals surface area contributed by atoms with Crippen molar-refractivity contribution < 1.29 is 15.0 Å². The molecule has 2 N–H and O–H groups in total.